The fraction of sp³-hybridized carbons (Fsp3) is 0.455. The molecule has 0 radical (unpaired) electrons. The summed E-state index contributed by atoms with van der Waals surface area (Å²) in [5.74, 6) is 0.604. The van der Waals surface area contributed by atoms with Crippen LogP contribution in [0.1, 0.15) is 6.92 Å². The molecule has 0 amide bonds. The van der Waals surface area contributed by atoms with Crippen molar-refractivity contribution in [1.82, 2.24) is 0 Å². The minimum Gasteiger partial charge on any atom is -0.493 e. The first-order valence-electron chi connectivity index (χ1n) is 4.95. The van der Waals surface area contributed by atoms with E-state index in [4.69, 9.17) is 4.74 Å². The van der Waals surface area contributed by atoms with Gasteiger partial charge in [0.25, 0.3) is 0 Å². The van der Waals surface area contributed by atoms with Crippen LogP contribution in [-0.2, 0) is 0 Å². The molecule has 0 N–H and O–H groups in total. The summed E-state index contributed by atoms with van der Waals surface area (Å²) in [5, 5.41) is 0.808. The third kappa shape index (κ3) is 5.81. The molecule has 1 unspecified atom stereocenters. The molecule has 2 nitrogen and oxygen atoms in total. The molecule has 1 aromatic carbocycles. The number of rotatable bonds is 5. The Bertz CT molecular complexity index is 338. The molecule has 0 spiro atoms. The van der Waals surface area contributed by atoms with Crippen LogP contribution in [0.3, 0.4) is 0 Å². The quantitative estimate of drug-likeness (QED) is 0.765. The second kappa shape index (κ2) is 6.14. The Morgan fingerprint density at radius 3 is 2.18 bits per heavy atom. The predicted molar refractivity (Wildman–Crippen MR) is 61.6 cm³/mol. The molecule has 0 saturated heterocycles. The van der Waals surface area contributed by atoms with Crippen molar-refractivity contribution in [2.24, 2.45) is 5.92 Å². The lowest BCUT2D eigenvalue weighted by Gasteiger charge is -2.12. The van der Waals surface area contributed by atoms with Crippen LogP contribution < -0.4 is 9.47 Å². The molecule has 0 aliphatic rings. The van der Waals surface area contributed by atoms with Crippen LogP contribution in [0.4, 0.5) is 13.2 Å². The largest absolute Gasteiger partial charge is 0.573 e. The fourth-order valence-electron chi connectivity index (χ4n) is 1.02. The molecule has 1 rings (SSSR count). The zero-order valence-corrected chi connectivity index (χ0v) is 10.7. The lowest BCUT2D eigenvalue weighted by molar-refractivity contribution is -0.274. The molecule has 1 aromatic rings. The van der Waals surface area contributed by atoms with Crippen LogP contribution >= 0.6 is 15.9 Å². The Labute approximate surface area is 106 Å². The summed E-state index contributed by atoms with van der Waals surface area (Å²) < 4.78 is 44.8. The van der Waals surface area contributed by atoms with E-state index in [1.165, 1.54) is 24.3 Å². The first kappa shape index (κ1) is 14.2. The first-order chi connectivity index (χ1) is 7.90. The van der Waals surface area contributed by atoms with Crippen LogP contribution in [-0.4, -0.2) is 18.3 Å². The highest BCUT2D eigenvalue weighted by atomic mass is 79.9. The highest BCUT2D eigenvalue weighted by molar-refractivity contribution is 9.09. The summed E-state index contributed by atoms with van der Waals surface area (Å²) in [4.78, 5) is 0. The van der Waals surface area contributed by atoms with E-state index in [2.05, 4.69) is 20.7 Å². The average Bonchev–Trinajstić information content (AvgIpc) is 2.25. The Kier molecular flexibility index (Phi) is 5.11. The van der Waals surface area contributed by atoms with Gasteiger partial charge in [0.2, 0.25) is 0 Å². The Morgan fingerprint density at radius 1 is 1.18 bits per heavy atom. The summed E-state index contributed by atoms with van der Waals surface area (Å²) >= 11 is 3.31. The van der Waals surface area contributed by atoms with Gasteiger partial charge in [-0.25, -0.2) is 0 Å². The van der Waals surface area contributed by atoms with Crippen LogP contribution in [0.5, 0.6) is 11.5 Å². The van der Waals surface area contributed by atoms with Gasteiger partial charge in [0, 0.05) is 5.33 Å². The maximum atomic E-state index is 11.9. The van der Waals surface area contributed by atoms with Gasteiger partial charge < -0.3 is 9.47 Å². The number of benzene rings is 1. The van der Waals surface area contributed by atoms with E-state index in [1.54, 1.807) is 0 Å². The van der Waals surface area contributed by atoms with E-state index in [-0.39, 0.29) is 5.75 Å². The van der Waals surface area contributed by atoms with Crippen molar-refractivity contribution in [2.45, 2.75) is 13.3 Å². The standard InChI is InChI=1S/C11H12BrF3O2/c1-8(6-12)7-16-9-2-4-10(5-3-9)17-11(13,14)15/h2-5,8H,6-7H2,1H3. The third-order valence-corrected chi connectivity index (χ3v) is 2.96. The SMILES string of the molecule is CC(CBr)COc1ccc(OC(F)(F)F)cc1. The van der Waals surface area contributed by atoms with E-state index in [9.17, 15) is 13.2 Å². The first-order valence-corrected chi connectivity index (χ1v) is 6.07. The van der Waals surface area contributed by atoms with Crippen molar-refractivity contribution in [3.05, 3.63) is 24.3 Å². The number of halogens is 4. The molecule has 0 aromatic heterocycles. The van der Waals surface area contributed by atoms with Gasteiger partial charge in [0.05, 0.1) is 6.61 Å². The maximum Gasteiger partial charge on any atom is 0.573 e. The van der Waals surface area contributed by atoms with Crippen molar-refractivity contribution in [1.29, 1.82) is 0 Å². The predicted octanol–water partition coefficient (Wildman–Crippen LogP) is 4.00. The summed E-state index contributed by atoms with van der Waals surface area (Å²) in [6.45, 7) is 2.50. The van der Waals surface area contributed by atoms with Gasteiger partial charge in [-0.15, -0.1) is 13.2 Å². The van der Waals surface area contributed by atoms with Crippen molar-refractivity contribution >= 4 is 15.9 Å². The molecule has 0 fully saturated rings. The van der Waals surface area contributed by atoms with Gasteiger partial charge in [-0.05, 0) is 30.2 Å². The van der Waals surface area contributed by atoms with Gasteiger partial charge in [-0.2, -0.15) is 0 Å². The van der Waals surface area contributed by atoms with Gasteiger partial charge in [-0.3, -0.25) is 0 Å². The van der Waals surface area contributed by atoms with Crippen LogP contribution in [0.15, 0.2) is 24.3 Å². The fourth-order valence-corrected chi connectivity index (χ4v) is 1.21. The normalized spacial score (nSPS) is 13.2. The number of hydrogen-bond acceptors (Lipinski definition) is 2. The minimum absolute atomic E-state index is 0.251. The highest BCUT2D eigenvalue weighted by Gasteiger charge is 2.30. The monoisotopic (exact) mass is 312 g/mol. The Balaban J connectivity index is 2.50. The molecule has 0 bridgehead atoms. The van der Waals surface area contributed by atoms with Crippen molar-refractivity contribution in [3.63, 3.8) is 0 Å². The van der Waals surface area contributed by atoms with Crippen molar-refractivity contribution in [2.75, 3.05) is 11.9 Å². The van der Waals surface area contributed by atoms with Crippen LogP contribution in [0.25, 0.3) is 0 Å². The van der Waals surface area contributed by atoms with E-state index in [0.29, 0.717) is 18.3 Å². The van der Waals surface area contributed by atoms with E-state index in [0.717, 1.165) is 5.33 Å². The van der Waals surface area contributed by atoms with E-state index >= 15 is 0 Å². The molecule has 17 heavy (non-hydrogen) atoms. The lowest BCUT2D eigenvalue weighted by atomic mass is 10.2. The maximum absolute atomic E-state index is 11.9. The molecule has 0 heterocycles. The van der Waals surface area contributed by atoms with Crippen molar-refractivity contribution < 1.29 is 22.6 Å². The number of alkyl halides is 4. The molecule has 1 atom stereocenters. The Hall–Kier alpha value is -0.910. The average molecular weight is 313 g/mol. The van der Waals surface area contributed by atoms with Gasteiger partial charge in [-0.1, -0.05) is 22.9 Å². The van der Waals surface area contributed by atoms with Crippen molar-refractivity contribution in [3.8, 4) is 11.5 Å². The van der Waals surface area contributed by atoms with Crippen LogP contribution in [0.2, 0.25) is 0 Å². The van der Waals surface area contributed by atoms with E-state index in [1.807, 2.05) is 6.92 Å². The number of hydrogen-bond donors (Lipinski definition) is 0. The highest BCUT2D eigenvalue weighted by Crippen LogP contribution is 2.24. The molecule has 6 heteroatoms. The lowest BCUT2D eigenvalue weighted by Crippen LogP contribution is -2.17. The summed E-state index contributed by atoms with van der Waals surface area (Å²) in [5.41, 5.74) is 0. The minimum atomic E-state index is -4.66. The van der Waals surface area contributed by atoms with Gasteiger partial charge in [0.15, 0.2) is 0 Å². The number of ether oxygens (including phenoxy) is 2. The molecular formula is C11H12BrF3O2. The zero-order chi connectivity index (χ0) is 12.9. The summed E-state index contributed by atoms with van der Waals surface area (Å²) in [6.07, 6.45) is -4.66. The summed E-state index contributed by atoms with van der Waals surface area (Å²) in [7, 11) is 0. The molecule has 0 saturated carbocycles. The van der Waals surface area contributed by atoms with E-state index < -0.39 is 6.36 Å². The van der Waals surface area contributed by atoms with Gasteiger partial charge in [0.1, 0.15) is 11.5 Å². The zero-order valence-electron chi connectivity index (χ0n) is 9.13. The Morgan fingerprint density at radius 2 is 1.71 bits per heavy atom. The second-order valence-corrected chi connectivity index (χ2v) is 4.24. The molecule has 0 aliphatic carbocycles. The van der Waals surface area contributed by atoms with Gasteiger partial charge >= 0.3 is 6.36 Å². The molecular weight excluding hydrogens is 301 g/mol. The van der Waals surface area contributed by atoms with Crippen LogP contribution in [0, 0.1) is 5.92 Å². The third-order valence-electron chi connectivity index (χ3n) is 1.86. The second-order valence-electron chi connectivity index (χ2n) is 3.59. The molecule has 0 aliphatic heterocycles. The topological polar surface area (TPSA) is 18.5 Å². The smallest absolute Gasteiger partial charge is 0.493 e. The molecule has 96 valence electrons. The summed E-state index contributed by atoms with van der Waals surface area (Å²) in [6, 6.07) is 5.34.